The smallest absolute Gasteiger partial charge is 0.191 e. The maximum atomic E-state index is 5.77. The normalized spacial score (nSPS) is 17.5. The number of hydrogen-bond donors (Lipinski definition) is 2. The van der Waals surface area contributed by atoms with Crippen LogP contribution in [0.2, 0.25) is 0 Å². The second kappa shape index (κ2) is 11.7. The van der Waals surface area contributed by atoms with Gasteiger partial charge < -0.3 is 24.8 Å². The molecule has 0 aromatic heterocycles. The van der Waals surface area contributed by atoms with Crippen molar-refractivity contribution in [1.82, 2.24) is 10.6 Å². The van der Waals surface area contributed by atoms with E-state index in [-0.39, 0.29) is 6.10 Å². The van der Waals surface area contributed by atoms with E-state index in [1.165, 1.54) is 0 Å². The molecule has 2 N–H and O–H groups in total. The van der Waals surface area contributed by atoms with Crippen molar-refractivity contribution in [3.8, 4) is 5.75 Å². The van der Waals surface area contributed by atoms with Crippen molar-refractivity contribution < 1.29 is 14.2 Å². The third-order valence-corrected chi connectivity index (χ3v) is 3.83. The lowest BCUT2D eigenvalue weighted by molar-refractivity contribution is 0.0420. The van der Waals surface area contributed by atoms with Crippen molar-refractivity contribution in [3.63, 3.8) is 0 Å². The van der Waals surface area contributed by atoms with Gasteiger partial charge in [0.1, 0.15) is 5.75 Å². The summed E-state index contributed by atoms with van der Waals surface area (Å²) in [6.07, 6.45) is 2.23. The minimum atomic E-state index is 0.277. The molecule has 0 radical (unpaired) electrons. The SMILES string of the molecule is CCNC(=NCc1cccc(OCC)c1)NCCCOC1CCOC1. The summed E-state index contributed by atoms with van der Waals surface area (Å²) < 4.78 is 16.6. The average molecular weight is 349 g/mol. The van der Waals surface area contributed by atoms with E-state index in [0.29, 0.717) is 13.2 Å². The quantitative estimate of drug-likeness (QED) is 0.386. The summed E-state index contributed by atoms with van der Waals surface area (Å²) in [5.41, 5.74) is 1.13. The monoisotopic (exact) mass is 349 g/mol. The van der Waals surface area contributed by atoms with E-state index in [1.54, 1.807) is 0 Å². The van der Waals surface area contributed by atoms with Crippen LogP contribution in [0.3, 0.4) is 0 Å². The zero-order valence-electron chi connectivity index (χ0n) is 15.4. The second-order valence-corrected chi connectivity index (χ2v) is 5.91. The molecule has 6 heteroatoms. The number of aliphatic imine (C=N–C) groups is 1. The fraction of sp³-hybridized carbons (Fsp3) is 0.632. The summed E-state index contributed by atoms with van der Waals surface area (Å²) in [6.45, 7) is 9.31. The number of benzene rings is 1. The van der Waals surface area contributed by atoms with Gasteiger partial charge in [0.15, 0.2) is 5.96 Å². The molecule has 2 rings (SSSR count). The molecule has 6 nitrogen and oxygen atoms in total. The van der Waals surface area contributed by atoms with E-state index in [9.17, 15) is 0 Å². The highest BCUT2D eigenvalue weighted by atomic mass is 16.5. The molecule has 1 atom stereocenters. The van der Waals surface area contributed by atoms with E-state index in [2.05, 4.69) is 28.6 Å². The molecule has 0 amide bonds. The van der Waals surface area contributed by atoms with Gasteiger partial charge in [-0.1, -0.05) is 12.1 Å². The molecule has 1 aliphatic rings. The first-order valence-corrected chi connectivity index (χ1v) is 9.25. The molecule has 1 fully saturated rings. The number of nitrogens with zero attached hydrogens (tertiary/aromatic N) is 1. The Morgan fingerprint density at radius 1 is 1.32 bits per heavy atom. The van der Waals surface area contributed by atoms with Crippen LogP contribution >= 0.6 is 0 Å². The van der Waals surface area contributed by atoms with Gasteiger partial charge in [0, 0.05) is 26.3 Å². The fourth-order valence-corrected chi connectivity index (χ4v) is 2.59. The Balaban J connectivity index is 1.72. The molecule has 1 aromatic carbocycles. The van der Waals surface area contributed by atoms with E-state index in [0.717, 1.165) is 63.0 Å². The van der Waals surface area contributed by atoms with Gasteiger partial charge in [-0.15, -0.1) is 0 Å². The van der Waals surface area contributed by atoms with Crippen LogP contribution in [0.15, 0.2) is 29.3 Å². The maximum Gasteiger partial charge on any atom is 0.191 e. The van der Waals surface area contributed by atoms with Gasteiger partial charge in [0.25, 0.3) is 0 Å². The zero-order chi connectivity index (χ0) is 17.7. The van der Waals surface area contributed by atoms with Crippen LogP contribution in [0.5, 0.6) is 5.75 Å². The highest BCUT2D eigenvalue weighted by Gasteiger charge is 2.15. The average Bonchev–Trinajstić information content (AvgIpc) is 3.13. The number of nitrogens with one attached hydrogen (secondary N) is 2. The van der Waals surface area contributed by atoms with Crippen LogP contribution in [0.25, 0.3) is 0 Å². The summed E-state index contributed by atoms with van der Waals surface area (Å²) >= 11 is 0. The van der Waals surface area contributed by atoms with Gasteiger partial charge in [-0.05, 0) is 44.4 Å². The number of hydrogen-bond acceptors (Lipinski definition) is 4. The molecule has 140 valence electrons. The summed E-state index contributed by atoms with van der Waals surface area (Å²) in [4.78, 5) is 4.64. The standard InChI is InChI=1S/C19H31N3O3/c1-3-20-19(21-10-6-11-25-18-9-12-23-15-18)22-14-16-7-5-8-17(13-16)24-4-2/h5,7-8,13,18H,3-4,6,9-12,14-15H2,1-2H3,(H2,20,21,22). The Bertz CT molecular complexity index is 516. The number of rotatable bonds is 10. The zero-order valence-corrected chi connectivity index (χ0v) is 15.4. The first-order chi connectivity index (χ1) is 12.3. The molecule has 1 unspecified atom stereocenters. The van der Waals surface area contributed by atoms with Crippen LogP contribution < -0.4 is 15.4 Å². The van der Waals surface area contributed by atoms with Gasteiger partial charge in [0.05, 0.1) is 25.9 Å². The summed E-state index contributed by atoms with van der Waals surface area (Å²) in [5, 5.41) is 6.62. The summed E-state index contributed by atoms with van der Waals surface area (Å²) in [7, 11) is 0. The third-order valence-electron chi connectivity index (χ3n) is 3.83. The molecular weight excluding hydrogens is 318 g/mol. The predicted octanol–water partition coefficient (Wildman–Crippen LogP) is 2.34. The van der Waals surface area contributed by atoms with Crippen LogP contribution in [0.1, 0.15) is 32.3 Å². The molecule has 1 heterocycles. The molecule has 0 bridgehead atoms. The lowest BCUT2D eigenvalue weighted by atomic mass is 10.2. The van der Waals surface area contributed by atoms with Gasteiger partial charge in [-0.2, -0.15) is 0 Å². The van der Waals surface area contributed by atoms with Crippen molar-refractivity contribution in [3.05, 3.63) is 29.8 Å². The molecule has 0 saturated carbocycles. The van der Waals surface area contributed by atoms with Crippen LogP contribution in [0, 0.1) is 0 Å². The minimum Gasteiger partial charge on any atom is -0.494 e. The Labute approximate surface area is 151 Å². The molecule has 0 aliphatic carbocycles. The third kappa shape index (κ3) is 7.75. The lowest BCUT2D eigenvalue weighted by Crippen LogP contribution is -2.38. The van der Waals surface area contributed by atoms with Crippen LogP contribution in [0.4, 0.5) is 0 Å². The Morgan fingerprint density at radius 3 is 3.00 bits per heavy atom. The van der Waals surface area contributed by atoms with Crippen molar-refractivity contribution in [2.75, 3.05) is 39.5 Å². The highest BCUT2D eigenvalue weighted by Crippen LogP contribution is 2.14. The van der Waals surface area contributed by atoms with Gasteiger partial charge in [-0.3, -0.25) is 0 Å². The van der Waals surface area contributed by atoms with Crippen molar-refractivity contribution in [2.24, 2.45) is 4.99 Å². The Kier molecular flexibility index (Phi) is 9.15. The molecule has 1 saturated heterocycles. The predicted molar refractivity (Wildman–Crippen MR) is 100 cm³/mol. The van der Waals surface area contributed by atoms with E-state index in [1.807, 2.05) is 25.1 Å². The number of ether oxygens (including phenoxy) is 3. The maximum absolute atomic E-state index is 5.77. The Hall–Kier alpha value is -1.79. The largest absolute Gasteiger partial charge is 0.494 e. The first-order valence-electron chi connectivity index (χ1n) is 9.25. The van der Waals surface area contributed by atoms with Gasteiger partial charge in [-0.25, -0.2) is 4.99 Å². The van der Waals surface area contributed by atoms with Crippen molar-refractivity contribution >= 4 is 5.96 Å². The summed E-state index contributed by atoms with van der Waals surface area (Å²) in [5.74, 6) is 1.72. The van der Waals surface area contributed by atoms with Crippen molar-refractivity contribution in [2.45, 2.75) is 39.3 Å². The minimum absolute atomic E-state index is 0.277. The summed E-state index contributed by atoms with van der Waals surface area (Å²) in [6, 6.07) is 8.07. The van der Waals surface area contributed by atoms with E-state index >= 15 is 0 Å². The van der Waals surface area contributed by atoms with Gasteiger partial charge >= 0.3 is 0 Å². The fourth-order valence-electron chi connectivity index (χ4n) is 2.59. The molecule has 1 aromatic rings. The topological polar surface area (TPSA) is 64.1 Å². The Morgan fingerprint density at radius 2 is 2.24 bits per heavy atom. The van der Waals surface area contributed by atoms with Crippen LogP contribution in [-0.2, 0) is 16.0 Å². The molecular formula is C19H31N3O3. The molecule has 0 spiro atoms. The van der Waals surface area contributed by atoms with Crippen molar-refractivity contribution in [1.29, 1.82) is 0 Å². The first kappa shape index (κ1) is 19.5. The highest BCUT2D eigenvalue weighted by molar-refractivity contribution is 5.79. The molecule has 1 aliphatic heterocycles. The van der Waals surface area contributed by atoms with E-state index < -0.39 is 0 Å². The van der Waals surface area contributed by atoms with Gasteiger partial charge in [0.2, 0.25) is 0 Å². The number of guanidine groups is 1. The van der Waals surface area contributed by atoms with Crippen LogP contribution in [-0.4, -0.2) is 51.6 Å². The molecule has 25 heavy (non-hydrogen) atoms. The van der Waals surface area contributed by atoms with E-state index in [4.69, 9.17) is 14.2 Å². The second-order valence-electron chi connectivity index (χ2n) is 5.91. The lowest BCUT2D eigenvalue weighted by Gasteiger charge is -2.13.